The molecule has 7 aromatic carbocycles. The van der Waals surface area contributed by atoms with Gasteiger partial charge in [-0.05, 0) is 57.1 Å². The second-order valence-electron chi connectivity index (χ2n) is 12.1. The van der Waals surface area contributed by atoms with Crippen LogP contribution in [0.25, 0.3) is 55.0 Å². The maximum Gasteiger partial charge on any atom is 0.184 e. The minimum Gasteiger partial charge on any atom is -0.309 e. The average molecular weight is 589 g/mol. The van der Waals surface area contributed by atoms with Crippen molar-refractivity contribution in [3.8, 4) is 11.4 Å². The highest BCUT2D eigenvalue weighted by atomic mass is 28.3. The molecule has 0 aliphatic carbocycles. The van der Waals surface area contributed by atoms with Crippen molar-refractivity contribution in [1.29, 1.82) is 0 Å². The highest BCUT2D eigenvalue weighted by molar-refractivity contribution is 7.21. The lowest BCUT2D eigenvalue weighted by molar-refractivity contribution is 1.17. The molecule has 0 unspecified atom stereocenters. The van der Waals surface area contributed by atoms with Gasteiger partial charge in [0.25, 0.3) is 0 Å². The lowest BCUT2D eigenvalue weighted by Gasteiger charge is -2.40. The Morgan fingerprint density at radius 1 is 0.356 bits per heavy atom. The van der Waals surface area contributed by atoms with Gasteiger partial charge in [0.2, 0.25) is 0 Å². The molecular weight excluding hydrogens is 561 g/mol. The van der Waals surface area contributed by atoms with Crippen molar-refractivity contribution < 1.29 is 0 Å². The zero-order valence-electron chi connectivity index (χ0n) is 24.6. The molecule has 1 aliphatic rings. The SMILES string of the molecule is c1ccc([Si]2(c3ccccc3)c3ccccc3-n3c4ccccc4c4cc(-n5c6ccccc6c6ccccc65)cc2c43)cc1. The van der Waals surface area contributed by atoms with Crippen LogP contribution in [0.4, 0.5) is 0 Å². The summed E-state index contributed by atoms with van der Waals surface area (Å²) in [5.74, 6) is 0. The minimum absolute atomic E-state index is 1.21. The Morgan fingerprint density at radius 2 is 0.822 bits per heavy atom. The zero-order valence-corrected chi connectivity index (χ0v) is 25.6. The molecule has 9 aromatic rings. The first-order valence-corrected chi connectivity index (χ1v) is 17.6. The van der Waals surface area contributed by atoms with E-state index >= 15 is 0 Å². The predicted molar refractivity (Wildman–Crippen MR) is 192 cm³/mol. The Balaban J connectivity index is 1.47. The smallest absolute Gasteiger partial charge is 0.184 e. The van der Waals surface area contributed by atoms with Gasteiger partial charge in [-0.3, -0.25) is 0 Å². The Labute approximate surface area is 262 Å². The maximum absolute atomic E-state index is 2.78. The average Bonchev–Trinajstić information content (AvgIpc) is 3.63. The van der Waals surface area contributed by atoms with Crippen LogP contribution >= 0.6 is 0 Å². The van der Waals surface area contributed by atoms with Gasteiger partial charge in [0.1, 0.15) is 0 Å². The number of hydrogen-bond donors (Lipinski definition) is 0. The van der Waals surface area contributed by atoms with Crippen molar-refractivity contribution in [1.82, 2.24) is 9.13 Å². The molecule has 3 heteroatoms. The van der Waals surface area contributed by atoms with Crippen LogP contribution in [0.3, 0.4) is 0 Å². The van der Waals surface area contributed by atoms with E-state index in [0.29, 0.717) is 0 Å². The molecule has 210 valence electrons. The van der Waals surface area contributed by atoms with Crippen LogP contribution in [0.5, 0.6) is 0 Å². The number of aromatic nitrogens is 2. The summed E-state index contributed by atoms with van der Waals surface area (Å²) < 4.78 is 5.03. The summed E-state index contributed by atoms with van der Waals surface area (Å²) in [5.41, 5.74) is 7.55. The van der Waals surface area contributed by atoms with E-state index in [2.05, 4.69) is 179 Å². The van der Waals surface area contributed by atoms with E-state index in [-0.39, 0.29) is 0 Å². The van der Waals surface area contributed by atoms with Gasteiger partial charge in [0.15, 0.2) is 8.07 Å². The maximum atomic E-state index is 2.54. The first kappa shape index (κ1) is 24.8. The molecule has 0 spiro atoms. The van der Waals surface area contributed by atoms with Crippen molar-refractivity contribution in [2.45, 2.75) is 0 Å². The predicted octanol–water partition coefficient (Wildman–Crippen LogP) is 7.57. The number of benzene rings is 7. The fraction of sp³-hybridized carbons (Fsp3) is 0. The minimum atomic E-state index is -2.78. The quantitative estimate of drug-likeness (QED) is 0.189. The summed E-state index contributed by atoms with van der Waals surface area (Å²) in [5, 5.41) is 10.8. The van der Waals surface area contributed by atoms with Crippen LogP contribution in [0.15, 0.2) is 170 Å². The molecule has 10 rings (SSSR count). The first-order chi connectivity index (χ1) is 22.4. The van der Waals surface area contributed by atoms with Crippen molar-refractivity contribution in [2.24, 2.45) is 0 Å². The monoisotopic (exact) mass is 588 g/mol. The van der Waals surface area contributed by atoms with E-state index in [1.54, 1.807) is 0 Å². The summed E-state index contributed by atoms with van der Waals surface area (Å²) >= 11 is 0. The molecule has 2 aromatic heterocycles. The summed E-state index contributed by atoms with van der Waals surface area (Å²) in [7, 11) is -2.78. The van der Waals surface area contributed by atoms with Crippen molar-refractivity contribution >= 4 is 72.4 Å². The summed E-state index contributed by atoms with van der Waals surface area (Å²) in [6.07, 6.45) is 0. The molecule has 45 heavy (non-hydrogen) atoms. The standard InChI is InChI=1S/C42H28N2Si/c1-3-15-30(16-4-1)45(31-17-5-2-6-18-31)40-26-14-13-25-39(40)44-38-24-12-9-21-34(38)35-27-29(28-41(45)42(35)44)43-36-22-10-7-19-32(36)33-20-8-11-23-37(33)43/h1-28H. The largest absolute Gasteiger partial charge is 0.309 e. The molecule has 0 bridgehead atoms. The van der Waals surface area contributed by atoms with Crippen LogP contribution in [-0.2, 0) is 0 Å². The van der Waals surface area contributed by atoms with Gasteiger partial charge in [-0.1, -0.05) is 133 Å². The highest BCUT2D eigenvalue weighted by Gasteiger charge is 2.48. The Bertz CT molecular complexity index is 2500. The zero-order chi connectivity index (χ0) is 29.5. The van der Waals surface area contributed by atoms with E-state index < -0.39 is 8.07 Å². The fourth-order valence-corrected chi connectivity index (χ4v) is 13.4. The van der Waals surface area contributed by atoms with E-state index in [9.17, 15) is 0 Å². The van der Waals surface area contributed by atoms with Crippen molar-refractivity contribution in [3.05, 3.63) is 170 Å². The van der Waals surface area contributed by atoms with Crippen LogP contribution in [0, 0.1) is 0 Å². The van der Waals surface area contributed by atoms with E-state index in [1.165, 1.54) is 75.7 Å². The molecule has 0 atom stereocenters. The van der Waals surface area contributed by atoms with E-state index in [0.717, 1.165) is 0 Å². The van der Waals surface area contributed by atoms with Gasteiger partial charge < -0.3 is 9.13 Å². The number of para-hydroxylation sites is 4. The second-order valence-corrected chi connectivity index (χ2v) is 15.8. The lowest BCUT2D eigenvalue weighted by Crippen LogP contribution is -2.76. The van der Waals surface area contributed by atoms with Gasteiger partial charge in [-0.15, -0.1) is 0 Å². The molecule has 0 amide bonds. The molecule has 0 N–H and O–H groups in total. The van der Waals surface area contributed by atoms with E-state index in [4.69, 9.17) is 0 Å². The molecule has 1 aliphatic heterocycles. The summed E-state index contributed by atoms with van der Waals surface area (Å²) in [6, 6.07) is 63.4. The van der Waals surface area contributed by atoms with E-state index in [1.807, 2.05) is 0 Å². The molecule has 0 saturated heterocycles. The van der Waals surface area contributed by atoms with Crippen LogP contribution in [0.2, 0.25) is 0 Å². The Kier molecular flexibility index (Phi) is 5.05. The summed E-state index contributed by atoms with van der Waals surface area (Å²) in [4.78, 5) is 0. The van der Waals surface area contributed by atoms with Gasteiger partial charge in [-0.2, -0.15) is 0 Å². The molecule has 3 heterocycles. The number of nitrogens with zero attached hydrogens (tertiary/aromatic N) is 2. The van der Waals surface area contributed by atoms with Gasteiger partial charge in [-0.25, -0.2) is 0 Å². The normalized spacial score (nSPS) is 13.5. The second kappa shape index (κ2) is 9.18. The number of rotatable bonds is 3. The first-order valence-electron chi connectivity index (χ1n) is 15.6. The topological polar surface area (TPSA) is 9.86 Å². The third-order valence-corrected chi connectivity index (χ3v) is 14.8. The molecule has 0 radical (unpaired) electrons. The molecule has 0 fully saturated rings. The molecule has 0 saturated carbocycles. The third kappa shape index (κ3) is 3.18. The highest BCUT2D eigenvalue weighted by Crippen LogP contribution is 2.38. The third-order valence-electron chi connectivity index (χ3n) is 9.96. The molecule has 2 nitrogen and oxygen atoms in total. The molecular formula is C42H28N2Si. The summed E-state index contributed by atoms with van der Waals surface area (Å²) in [6.45, 7) is 0. The van der Waals surface area contributed by atoms with Gasteiger partial charge in [0.05, 0.1) is 22.1 Å². The van der Waals surface area contributed by atoms with Crippen molar-refractivity contribution in [3.63, 3.8) is 0 Å². The van der Waals surface area contributed by atoms with Gasteiger partial charge >= 0.3 is 0 Å². The van der Waals surface area contributed by atoms with Crippen LogP contribution in [0.1, 0.15) is 0 Å². The number of hydrogen-bond acceptors (Lipinski definition) is 0. The van der Waals surface area contributed by atoms with Crippen LogP contribution < -0.4 is 20.7 Å². The lowest BCUT2D eigenvalue weighted by atomic mass is 10.1. The fourth-order valence-electron chi connectivity index (χ4n) is 8.24. The Hall–Kier alpha value is -5.64. The van der Waals surface area contributed by atoms with Gasteiger partial charge in [0, 0.05) is 32.9 Å². The van der Waals surface area contributed by atoms with Crippen LogP contribution in [-0.4, -0.2) is 17.2 Å². The van der Waals surface area contributed by atoms with Crippen molar-refractivity contribution in [2.75, 3.05) is 0 Å². The number of fused-ring (bicyclic) bond motifs is 8. The Morgan fingerprint density at radius 3 is 1.42 bits per heavy atom.